The lowest BCUT2D eigenvalue weighted by molar-refractivity contribution is 0.356. The molecule has 1 heterocycles. The summed E-state index contributed by atoms with van der Waals surface area (Å²) in [6, 6.07) is 2.45. The van der Waals surface area contributed by atoms with Crippen LogP contribution in [0, 0.1) is 17.2 Å². The predicted molar refractivity (Wildman–Crippen MR) is 35.8 cm³/mol. The normalized spacial score (nSPS) is 36.6. The fourth-order valence-corrected chi connectivity index (χ4v) is 1.41. The van der Waals surface area contributed by atoms with Crippen LogP contribution in [0.4, 0.5) is 0 Å². The smallest absolute Gasteiger partial charge is 0.0978 e. The van der Waals surface area contributed by atoms with Crippen LogP contribution in [-0.2, 0) is 0 Å². The van der Waals surface area contributed by atoms with Gasteiger partial charge in [0.1, 0.15) is 0 Å². The second kappa shape index (κ2) is 2.36. The Morgan fingerprint density at radius 1 is 1.67 bits per heavy atom. The van der Waals surface area contributed by atoms with Crippen LogP contribution in [0.3, 0.4) is 0 Å². The third-order valence-electron chi connectivity index (χ3n) is 1.91. The molecule has 1 aliphatic rings. The summed E-state index contributed by atoms with van der Waals surface area (Å²) in [6.07, 6.45) is 1.05. The van der Waals surface area contributed by atoms with Crippen LogP contribution in [0.25, 0.3) is 0 Å². The Labute approximate surface area is 56.1 Å². The van der Waals surface area contributed by atoms with Gasteiger partial charge in [0, 0.05) is 6.54 Å². The highest BCUT2D eigenvalue weighted by Crippen LogP contribution is 2.19. The quantitative estimate of drug-likeness (QED) is 0.478. The Morgan fingerprint density at radius 2 is 2.33 bits per heavy atom. The van der Waals surface area contributed by atoms with E-state index >= 15 is 0 Å². The molecular formula is C7H12N2. The molecule has 50 valence electrons. The van der Waals surface area contributed by atoms with E-state index in [4.69, 9.17) is 5.26 Å². The maximum atomic E-state index is 8.56. The highest BCUT2D eigenvalue weighted by molar-refractivity contribution is 4.96. The first-order chi connectivity index (χ1) is 4.24. The first-order valence-electron chi connectivity index (χ1n) is 3.34. The fourth-order valence-electron chi connectivity index (χ4n) is 1.41. The van der Waals surface area contributed by atoms with Gasteiger partial charge in [0.2, 0.25) is 0 Å². The van der Waals surface area contributed by atoms with Gasteiger partial charge in [0.15, 0.2) is 0 Å². The molecule has 9 heavy (non-hydrogen) atoms. The number of nitrogens with zero attached hydrogens (tertiary/aromatic N) is 2. The predicted octanol–water partition coefficient (Wildman–Crippen LogP) is 0.850. The van der Waals surface area contributed by atoms with Gasteiger partial charge in [-0.3, -0.25) is 4.90 Å². The second-order valence-electron chi connectivity index (χ2n) is 2.93. The summed E-state index contributed by atoms with van der Waals surface area (Å²) < 4.78 is 0. The Bertz CT molecular complexity index is 136. The SMILES string of the molecule is CC1C[C@H](C#N)N(C)C1. The van der Waals surface area contributed by atoms with Gasteiger partial charge < -0.3 is 0 Å². The van der Waals surface area contributed by atoms with Crippen LogP contribution >= 0.6 is 0 Å². The molecule has 0 N–H and O–H groups in total. The molecule has 0 radical (unpaired) electrons. The summed E-state index contributed by atoms with van der Waals surface area (Å²) in [6.45, 7) is 3.27. The first kappa shape index (κ1) is 6.57. The van der Waals surface area contributed by atoms with Crippen molar-refractivity contribution in [3.05, 3.63) is 0 Å². The van der Waals surface area contributed by atoms with E-state index in [1.807, 2.05) is 7.05 Å². The van der Waals surface area contributed by atoms with Crippen molar-refractivity contribution in [3.63, 3.8) is 0 Å². The van der Waals surface area contributed by atoms with E-state index in [2.05, 4.69) is 17.9 Å². The molecule has 0 aromatic rings. The van der Waals surface area contributed by atoms with E-state index in [1.54, 1.807) is 0 Å². The summed E-state index contributed by atoms with van der Waals surface area (Å²) in [5, 5.41) is 8.56. The lowest BCUT2D eigenvalue weighted by atomic mass is 10.1. The summed E-state index contributed by atoms with van der Waals surface area (Å²) in [7, 11) is 2.01. The van der Waals surface area contributed by atoms with E-state index in [9.17, 15) is 0 Å². The molecule has 2 nitrogen and oxygen atoms in total. The third kappa shape index (κ3) is 1.22. The molecule has 1 saturated heterocycles. The molecule has 2 heteroatoms. The molecule has 0 saturated carbocycles. The molecule has 0 aromatic heterocycles. The molecule has 0 spiro atoms. The molecule has 2 atom stereocenters. The Balaban J connectivity index is 2.50. The standard InChI is InChI=1S/C7H12N2/c1-6-3-7(4-8)9(2)5-6/h6-7H,3,5H2,1-2H3/t6?,7-/m1/s1. The van der Waals surface area contributed by atoms with E-state index in [1.165, 1.54) is 0 Å². The van der Waals surface area contributed by atoms with Crippen LogP contribution in [-0.4, -0.2) is 24.5 Å². The largest absolute Gasteiger partial charge is 0.291 e. The van der Waals surface area contributed by atoms with Crippen molar-refractivity contribution in [2.24, 2.45) is 5.92 Å². The zero-order chi connectivity index (χ0) is 6.85. The van der Waals surface area contributed by atoms with Gasteiger partial charge in [0.25, 0.3) is 0 Å². The van der Waals surface area contributed by atoms with Gasteiger partial charge in [-0.2, -0.15) is 5.26 Å². The van der Waals surface area contributed by atoms with Crippen LogP contribution in [0.15, 0.2) is 0 Å². The molecule has 0 aliphatic carbocycles. The van der Waals surface area contributed by atoms with Crippen molar-refractivity contribution >= 4 is 0 Å². The first-order valence-corrected chi connectivity index (χ1v) is 3.34. The van der Waals surface area contributed by atoms with Crippen LogP contribution in [0.2, 0.25) is 0 Å². The fraction of sp³-hybridized carbons (Fsp3) is 0.857. The number of rotatable bonds is 0. The molecule has 1 aliphatic heterocycles. The van der Waals surface area contributed by atoms with Gasteiger partial charge in [0.05, 0.1) is 12.1 Å². The minimum Gasteiger partial charge on any atom is -0.291 e. The Morgan fingerprint density at radius 3 is 2.56 bits per heavy atom. The van der Waals surface area contributed by atoms with Gasteiger partial charge in [-0.15, -0.1) is 0 Å². The van der Waals surface area contributed by atoms with E-state index < -0.39 is 0 Å². The maximum Gasteiger partial charge on any atom is 0.0978 e. The van der Waals surface area contributed by atoms with E-state index in [0.29, 0.717) is 5.92 Å². The molecular weight excluding hydrogens is 112 g/mol. The average Bonchev–Trinajstić information content (AvgIpc) is 2.10. The number of hydrogen-bond acceptors (Lipinski definition) is 2. The van der Waals surface area contributed by atoms with Crippen molar-refractivity contribution in [1.82, 2.24) is 4.90 Å². The van der Waals surface area contributed by atoms with E-state index in [-0.39, 0.29) is 6.04 Å². The molecule has 0 aromatic carbocycles. The van der Waals surface area contributed by atoms with Crippen LogP contribution in [0.1, 0.15) is 13.3 Å². The zero-order valence-corrected chi connectivity index (χ0v) is 5.96. The van der Waals surface area contributed by atoms with Crippen molar-refractivity contribution in [2.75, 3.05) is 13.6 Å². The van der Waals surface area contributed by atoms with Crippen molar-refractivity contribution in [1.29, 1.82) is 5.26 Å². The maximum absolute atomic E-state index is 8.56. The minimum absolute atomic E-state index is 0.181. The topological polar surface area (TPSA) is 27.0 Å². The van der Waals surface area contributed by atoms with Gasteiger partial charge in [-0.1, -0.05) is 6.92 Å². The molecule has 1 rings (SSSR count). The molecule has 1 fully saturated rings. The lowest BCUT2D eigenvalue weighted by Crippen LogP contribution is -2.22. The average molecular weight is 124 g/mol. The summed E-state index contributed by atoms with van der Waals surface area (Å²) in [5.41, 5.74) is 0. The van der Waals surface area contributed by atoms with Crippen LogP contribution < -0.4 is 0 Å². The van der Waals surface area contributed by atoms with Crippen molar-refractivity contribution in [3.8, 4) is 6.07 Å². The number of likely N-dealkylation sites (tertiary alicyclic amines) is 1. The van der Waals surface area contributed by atoms with Crippen molar-refractivity contribution < 1.29 is 0 Å². The number of hydrogen-bond donors (Lipinski definition) is 0. The highest BCUT2D eigenvalue weighted by Gasteiger charge is 2.25. The Kier molecular flexibility index (Phi) is 1.73. The minimum atomic E-state index is 0.181. The van der Waals surface area contributed by atoms with E-state index in [0.717, 1.165) is 13.0 Å². The monoisotopic (exact) mass is 124 g/mol. The Hall–Kier alpha value is -0.550. The van der Waals surface area contributed by atoms with Crippen LogP contribution in [0.5, 0.6) is 0 Å². The summed E-state index contributed by atoms with van der Waals surface area (Å²) in [5.74, 6) is 0.708. The lowest BCUT2D eigenvalue weighted by Gasteiger charge is -2.09. The van der Waals surface area contributed by atoms with Gasteiger partial charge >= 0.3 is 0 Å². The number of nitriles is 1. The molecule has 1 unspecified atom stereocenters. The van der Waals surface area contributed by atoms with Crippen molar-refractivity contribution in [2.45, 2.75) is 19.4 Å². The van der Waals surface area contributed by atoms with Gasteiger partial charge in [-0.25, -0.2) is 0 Å². The highest BCUT2D eigenvalue weighted by atomic mass is 15.1. The second-order valence-corrected chi connectivity index (χ2v) is 2.93. The van der Waals surface area contributed by atoms with Gasteiger partial charge in [-0.05, 0) is 19.4 Å². The third-order valence-corrected chi connectivity index (χ3v) is 1.91. The molecule has 0 amide bonds. The summed E-state index contributed by atoms with van der Waals surface area (Å²) >= 11 is 0. The zero-order valence-electron chi connectivity index (χ0n) is 5.96. The molecule has 0 bridgehead atoms. The summed E-state index contributed by atoms with van der Waals surface area (Å²) in [4.78, 5) is 2.12.